The van der Waals surface area contributed by atoms with Crippen LogP contribution in [0, 0.1) is 13.8 Å². The zero-order chi connectivity index (χ0) is 22.7. The summed E-state index contributed by atoms with van der Waals surface area (Å²) in [5.74, 6) is 0.443. The van der Waals surface area contributed by atoms with Crippen molar-refractivity contribution in [3.63, 3.8) is 0 Å². The van der Waals surface area contributed by atoms with Crippen LogP contribution in [0.3, 0.4) is 0 Å². The number of benzene rings is 1. The highest BCUT2D eigenvalue weighted by Crippen LogP contribution is 2.36. The molecule has 0 radical (unpaired) electrons. The molecule has 0 N–H and O–H groups in total. The number of methoxy groups -OCH3 is 1. The largest absolute Gasteiger partial charge is 0.496 e. The van der Waals surface area contributed by atoms with Crippen molar-refractivity contribution in [1.82, 2.24) is 19.4 Å². The third-order valence-corrected chi connectivity index (χ3v) is 5.58. The second-order valence-electron chi connectivity index (χ2n) is 7.71. The first-order valence-corrected chi connectivity index (χ1v) is 10.5. The van der Waals surface area contributed by atoms with Crippen molar-refractivity contribution in [3.05, 3.63) is 35.7 Å². The molecule has 0 bridgehead atoms. The molecular formula is C23H30F2N4O2. The lowest BCUT2D eigenvalue weighted by Gasteiger charge is -2.24. The van der Waals surface area contributed by atoms with E-state index in [-0.39, 0.29) is 5.75 Å². The Balaban J connectivity index is 2.09. The summed E-state index contributed by atoms with van der Waals surface area (Å²) in [4.78, 5) is 12.1. The van der Waals surface area contributed by atoms with Gasteiger partial charge in [0.25, 0.3) is 0 Å². The van der Waals surface area contributed by atoms with Crippen molar-refractivity contribution in [2.24, 2.45) is 0 Å². The molecule has 2 aromatic heterocycles. The standard InChI is InChI=1S/C23H30F2N4O2/c1-7-16(13-28(5)8-2)29-12-14(3)20-22(29)26-15(4)21(27-20)18-10-9-17(31-23(24)25)11-19(18)30-6/h9-12,16,23H,7-8,13H2,1-6H3/t16-/m0/s1. The predicted molar refractivity (Wildman–Crippen MR) is 118 cm³/mol. The normalized spacial score (nSPS) is 12.7. The van der Waals surface area contributed by atoms with Crippen LogP contribution >= 0.6 is 0 Å². The van der Waals surface area contributed by atoms with E-state index in [1.54, 1.807) is 6.07 Å². The second kappa shape index (κ2) is 9.60. The third-order valence-electron chi connectivity index (χ3n) is 5.58. The van der Waals surface area contributed by atoms with Gasteiger partial charge in [-0.1, -0.05) is 13.8 Å². The monoisotopic (exact) mass is 432 g/mol. The molecule has 0 aliphatic heterocycles. The fourth-order valence-electron chi connectivity index (χ4n) is 3.76. The van der Waals surface area contributed by atoms with Gasteiger partial charge in [-0.25, -0.2) is 9.97 Å². The van der Waals surface area contributed by atoms with Crippen LogP contribution in [-0.2, 0) is 0 Å². The minimum atomic E-state index is -2.89. The average molecular weight is 433 g/mol. The van der Waals surface area contributed by atoms with E-state index in [4.69, 9.17) is 14.7 Å². The van der Waals surface area contributed by atoms with E-state index in [1.807, 2.05) is 13.8 Å². The van der Waals surface area contributed by atoms with E-state index in [0.717, 1.165) is 41.9 Å². The van der Waals surface area contributed by atoms with Crippen LogP contribution in [-0.4, -0.2) is 53.3 Å². The van der Waals surface area contributed by atoms with Gasteiger partial charge in [0.15, 0.2) is 5.65 Å². The van der Waals surface area contributed by atoms with Crippen molar-refractivity contribution in [2.45, 2.75) is 46.8 Å². The Morgan fingerprint density at radius 1 is 1.16 bits per heavy atom. The number of nitrogens with zero attached hydrogens (tertiary/aromatic N) is 4. The molecule has 3 rings (SSSR count). The van der Waals surface area contributed by atoms with Gasteiger partial charge in [0.05, 0.1) is 18.5 Å². The molecule has 8 heteroatoms. The van der Waals surface area contributed by atoms with Gasteiger partial charge < -0.3 is 18.9 Å². The summed E-state index contributed by atoms with van der Waals surface area (Å²) in [5, 5.41) is 0. The zero-order valence-corrected chi connectivity index (χ0v) is 18.9. The quantitative estimate of drug-likeness (QED) is 0.464. The number of aromatic nitrogens is 3. The zero-order valence-electron chi connectivity index (χ0n) is 18.9. The number of likely N-dealkylation sites (N-methyl/N-ethyl adjacent to an activating group) is 1. The molecule has 0 saturated heterocycles. The van der Waals surface area contributed by atoms with Crippen LogP contribution in [0.25, 0.3) is 22.4 Å². The molecule has 0 unspecified atom stereocenters. The Morgan fingerprint density at radius 2 is 1.90 bits per heavy atom. The Hall–Kier alpha value is -2.74. The van der Waals surface area contributed by atoms with E-state index in [1.165, 1.54) is 19.2 Å². The maximum absolute atomic E-state index is 12.6. The van der Waals surface area contributed by atoms with Crippen molar-refractivity contribution in [2.75, 3.05) is 27.2 Å². The summed E-state index contributed by atoms with van der Waals surface area (Å²) >= 11 is 0. The second-order valence-corrected chi connectivity index (χ2v) is 7.71. The van der Waals surface area contributed by atoms with Gasteiger partial charge >= 0.3 is 6.61 Å². The highest BCUT2D eigenvalue weighted by atomic mass is 19.3. The summed E-state index contributed by atoms with van der Waals surface area (Å²) in [6.45, 7) is 7.27. The number of ether oxygens (including phenoxy) is 2. The molecule has 6 nitrogen and oxygen atoms in total. The number of hydrogen-bond donors (Lipinski definition) is 0. The Kier molecular flexibility index (Phi) is 7.10. The fraction of sp³-hybridized carbons (Fsp3) is 0.478. The molecular weight excluding hydrogens is 402 g/mol. The van der Waals surface area contributed by atoms with Crippen LogP contribution in [0.1, 0.15) is 37.6 Å². The maximum Gasteiger partial charge on any atom is 0.387 e. The van der Waals surface area contributed by atoms with Crippen molar-refractivity contribution in [3.8, 4) is 22.8 Å². The molecule has 0 saturated carbocycles. The minimum Gasteiger partial charge on any atom is -0.496 e. The lowest BCUT2D eigenvalue weighted by molar-refractivity contribution is -0.0499. The Bertz CT molecular complexity index is 1050. The molecule has 2 heterocycles. The smallest absolute Gasteiger partial charge is 0.387 e. The first kappa shape index (κ1) is 22.9. The first-order valence-electron chi connectivity index (χ1n) is 10.5. The van der Waals surface area contributed by atoms with E-state index in [9.17, 15) is 8.78 Å². The average Bonchev–Trinajstić information content (AvgIpc) is 3.06. The first-order chi connectivity index (χ1) is 14.8. The number of alkyl halides is 2. The van der Waals surface area contributed by atoms with E-state index >= 15 is 0 Å². The summed E-state index contributed by atoms with van der Waals surface area (Å²) in [7, 11) is 3.61. The Labute approximate surface area is 181 Å². The topological polar surface area (TPSA) is 52.4 Å². The lowest BCUT2D eigenvalue weighted by atomic mass is 10.1. The molecule has 3 aromatic rings. The van der Waals surface area contributed by atoms with Crippen LogP contribution in [0.15, 0.2) is 24.4 Å². The molecule has 0 aliphatic carbocycles. The number of fused-ring (bicyclic) bond motifs is 1. The van der Waals surface area contributed by atoms with Crippen molar-refractivity contribution >= 4 is 11.2 Å². The number of halogens is 2. The van der Waals surface area contributed by atoms with E-state index in [2.05, 4.69) is 41.3 Å². The van der Waals surface area contributed by atoms with Crippen molar-refractivity contribution in [1.29, 1.82) is 0 Å². The molecule has 0 aliphatic rings. The van der Waals surface area contributed by atoms with Gasteiger partial charge in [0, 0.05) is 30.4 Å². The molecule has 1 atom stereocenters. The maximum atomic E-state index is 12.6. The lowest BCUT2D eigenvalue weighted by Crippen LogP contribution is -2.27. The van der Waals surface area contributed by atoms with Crippen LogP contribution in [0.4, 0.5) is 8.78 Å². The van der Waals surface area contributed by atoms with Gasteiger partial charge in [-0.3, -0.25) is 0 Å². The Morgan fingerprint density at radius 3 is 2.52 bits per heavy atom. The highest BCUT2D eigenvalue weighted by molar-refractivity contribution is 5.81. The van der Waals surface area contributed by atoms with Crippen LogP contribution in [0.2, 0.25) is 0 Å². The van der Waals surface area contributed by atoms with Gasteiger partial charge in [0.1, 0.15) is 17.0 Å². The summed E-state index contributed by atoms with van der Waals surface area (Å²) in [6.07, 6.45) is 3.10. The summed E-state index contributed by atoms with van der Waals surface area (Å²) < 4.78 is 37.3. The SMILES string of the molecule is CC[C@@H](CN(C)CC)n1cc(C)c2nc(-c3ccc(OC(F)F)cc3OC)c(C)nc21. The molecule has 1 aromatic carbocycles. The van der Waals surface area contributed by atoms with Gasteiger partial charge in [0.2, 0.25) is 0 Å². The van der Waals surface area contributed by atoms with E-state index < -0.39 is 6.61 Å². The minimum absolute atomic E-state index is 0.0375. The van der Waals surface area contributed by atoms with Gasteiger partial charge in [-0.05, 0) is 51.6 Å². The third kappa shape index (κ3) is 4.79. The fourth-order valence-corrected chi connectivity index (χ4v) is 3.76. The molecule has 0 spiro atoms. The number of rotatable bonds is 9. The van der Waals surface area contributed by atoms with Crippen molar-refractivity contribution < 1.29 is 18.3 Å². The number of hydrogen-bond acceptors (Lipinski definition) is 5. The summed E-state index contributed by atoms with van der Waals surface area (Å²) in [5.41, 5.74) is 4.80. The van der Waals surface area contributed by atoms with E-state index in [0.29, 0.717) is 23.0 Å². The number of aryl methyl sites for hydroxylation is 2. The highest BCUT2D eigenvalue weighted by Gasteiger charge is 2.20. The molecule has 168 valence electrons. The van der Waals surface area contributed by atoms with Gasteiger partial charge in [-0.15, -0.1) is 0 Å². The molecule has 0 amide bonds. The molecule has 0 fully saturated rings. The van der Waals surface area contributed by atoms with Gasteiger partial charge in [-0.2, -0.15) is 8.78 Å². The molecule has 31 heavy (non-hydrogen) atoms. The predicted octanol–water partition coefficient (Wildman–Crippen LogP) is 5.23. The summed E-state index contributed by atoms with van der Waals surface area (Å²) in [6, 6.07) is 4.90. The van der Waals surface area contributed by atoms with Crippen LogP contribution in [0.5, 0.6) is 11.5 Å². The van der Waals surface area contributed by atoms with Crippen LogP contribution < -0.4 is 9.47 Å².